The third-order valence-corrected chi connectivity index (χ3v) is 3.81. The number of benzene rings is 1. The Bertz CT molecular complexity index is 511. The van der Waals surface area contributed by atoms with E-state index < -0.39 is 0 Å². The van der Waals surface area contributed by atoms with E-state index in [2.05, 4.69) is 16.0 Å². The number of nitrogens with one attached hydrogen (secondary N) is 3. The topological polar surface area (TPSA) is 70.2 Å². The van der Waals surface area contributed by atoms with E-state index in [1.807, 2.05) is 20.8 Å². The highest BCUT2D eigenvalue weighted by Gasteiger charge is 2.29. The molecule has 0 spiro atoms. The van der Waals surface area contributed by atoms with Gasteiger partial charge in [-0.15, -0.1) is 0 Å². The summed E-state index contributed by atoms with van der Waals surface area (Å²) in [5.41, 5.74) is 1.49. The predicted octanol–water partition coefficient (Wildman–Crippen LogP) is 2.22. The Kier molecular flexibility index (Phi) is 4.96. The van der Waals surface area contributed by atoms with Crippen molar-refractivity contribution in [1.29, 1.82) is 0 Å². The summed E-state index contributed by atoms with van der Waals surface area (Å²) in [5.74, 6) is -0.00448. The van der Waals surface area contributed by atoms with E-state index in [-0.39, 0.29) is 29.7 Å². The van der Waals surface area contributed by atoms with Gasteiger partial charge in [-0.3, -0.25) is 9.59 Å². The van der Waals surface area contributed by atoms with E-state index in [9.17, 15) is 9.59 Å². The van der Waals surface area contributed by atoms with Crippen LogP contribution in [0.2, 0.25) is 0 Å². The van der Waals surface area contributed by atoms with Gasteiger partial charge in [0.15, 0.2) is 0 Å². The Labute approximate surface area is 125 Å². The van der Waals surface area contributed by atoms with Crippen molar-refractivity contribution in [2.24, 2.45) is 11.8 Å². The van der Waals surface area contributed by atoms with Crippen LogP contribution in [0.25, 0.3) is 0 Å². The number of carbonyl (C=O) groups is 2. The van der Waals surface area contributed by atoms with E-state index in [0.29, 0.717) is 0 Å². The zero-order valence-electron chi connectivity index (χ0n) is 12.8. The van der Waals surface area contributed by atoms with E-state index in [0.717, 1.165) is 24.3 Å². The Morgan fingerprint density at radius 3 is 2.19 bits per heavy atom. The minimum Gasteiger partial charge on any atom is -0.326 e. The number of anilines is 2. The SMILES string of the molecule is CC(C)C(=O)Nc1ccc(NC(=O)C2CCNC2C)cc1. The fraction of sp³-hybridized carbons (Fsp3) is 0.500. The van der Waals surface area contributed by atoms with Crippen LogP contribution in [0.3, 0.4) is 0 Å². The van der Waals surface area contributed by atoms with Crippen LogP contribution < -0.4 is 16.0 Å². The first-order valence-corrected chi connectivity index (χ1v) is 7.42. The lowest BCUT2D eigenvalue weighted by molar-refractivity contribution is -0.120. The van der Waals surface area contributed by atoms with Gasteiger partial charge in [0, 0.05) is 23.3 Å². The molecule has 2 atom stereocenters. The van der Waals surface area contributed by atoms with Gasteiger partial charge < -0.3 is 16.0 Å². The summed E-state index contributed by atoms with van der Waals surface area (Å²) in [6, 6.07) is 7.43. The van der Waals surface area contributed by atoms with Crippen molar-refractivity contribution in [3.63, 3.8) is 0 Å². The van der Waals surface area contributed by atoms with Crippen molar-refractivity contribution < 1.29 is 9.59 Å². The zero-order valence-corrected chi connectivity index (χ0v) is 12.8. The summed E-state index contributed by atoms with van der Waals surface area (Å²) in [6.45, 7) is 6.61. The Hall–Kier alpha value is -1.88. The lowest BCUT2D eigenvalue weighted by atomic mass is 10.0. The summed E-state index contributed by atoms with van der Waals surface area (Å²) in [5, 5.41) is 9.02. The van der Waals surface area contributed by atoms with E-state index >= 15 is 0 Å². The Morgan fingerprint density at radius 1 is 1.14 bits per heavy atom. The van der Waals surface area contributed by atoms with Crippen molar-refractivity contribution in [1.82, 2.24) is 5.32 Å². The molecule has 0 radical (unpaired) electrons. The summed E-state index contributed by atoms with van der Waals surface area (Å²) in [6.07, 6.45) is 0.871. The van der Waals surface area contributed by atoms with Crippen molar-refractivity contribution in [2.45, 2.75) is 33.2 Å². The third kappa shape index (κ3) is 4.04. The average molecular weight is 289 g/mol. The van der Waals surface area contributed by atoms with Gasteiger partial charge in [-0.05, 0) is 44.2 Å². The molecular formula is C16H23N3O2. The van der Waals surface area contributed by atoms with Crippen molar-refractivity contribution in [2.75, 3.05) is 17.2 Å². The molecule has 1 aromatic rings. The molecule has 1 heterocycles. The standard InChI is InChI=1S/C16H23N3O2/c1-10(2)15(20)18-12-4-6-13(7-5-12)19-16(21)14-8-9-17-11(14)3/h4-7,10-11,14,17H,8-9H2,1-3H3,(H,18,20)(H,19,21). The van der Waals surface area contributed by atoms with Gasteiger partial charge in [-0.1, -0.05) is 13.8 Å². The van der Waals surface area contributed by atoms with Gasteiger partial charge in [0.05, 0.1) is 5.92 Å². The highest BCUT2D eigenvalue weighted by Crippen LogP contribution is 2.19. The highest BCUT2D eigenvalue weighted by atomic mass is 16.2. The molecule has 1 aliphatic rings. The molecule has 1 aliphatic heterocycles. The fourth-order valence-corrected chi connectivity index (χ4v) is 2.38. The molecule has 2 unspecified atom stereocenters. The summed E-state index contributed by atoms with van der Waals surface area (Å²) in [7, 11) is 0. The first-order valence-electron chi connectivity index (χ1n) is 7.42. The maximum absolute atomic E-state index is 12.2. The van der Waals surface area contributed by atoms with Gasteiger partial charge in [-0.25, -0.2) is 0 Å². The normalized spacial score (nSPS) is 21.3. The van der Waals surface area contributed by atoms with E-state index in [1.54, 1.807) is 24.3 Å². The second kappa shape index (κ2) is 6.72. The maximum Gasteiger partial charge on any atom is 0.229 e. The maximum atomic E-state index is 12.2. The van der Waals surface area contributed by atoms with Gasteiger partial charge in [0.2, 0.25) is 11.8 Å². The lowest BCUT2D eigenvalue weighted by Gasteiger charge is -2.15. The zero-order chi connectivity index (χ0) is 15.4. The third-order valence-electron chi connectivity index (χ3n) is 3.81. The highest BCUT2D eigenvalue weighted by molar-refractivity contribution is 5.94. The van der Waals surface area contributed by atoms with Crippen molar-refractivity contribution in [3.8, 4) is 0 Å². The molecule has 1 saturated heterocycles. The number of hydrogen-bond acceptors (Lipinski definition) is 3. The Morgan fingerprint density at radius 2 is 1.71 bits per heavy atom. The van der Waals surface area contributed by atoms with Crippen LogP contribution >= 0.6 is 0 Å². The van der Waals surface area contributed by atoms with Crippen LogP contribution in [0.15, 0.2) is 24.3 Å². The van der Waals surface area contributed by atoms with E-state index in [1.165, 1.54) is 0 Å². The molecule has 0 aromatic heterocycles. The summed E-state index contributed by atoms with van der Waals surface area (Å²) >= 11 is 0. The van der Waals surface area contributed by atoms with E-state index in [4.69, 9.17) is 0 Å². The van der Waals surface area contributed by atoms with Crippen LogP contribution in [-0.4, -0.2) is 24.4 Å². The summed E-state index contributed by atoms with van der Waals surface area (Å²) in [4.78, 5) is 23.8. The first-order chi connectivity index (χ1) is 9.97. The fourth-order valence-electron chi connectivity index (χ4n) is 2.38. The second-order valence-electron chi connectivity index (χ2n) is 5.85. The molecule has 0 bridgehead atoms. The average Bonchev–Trinajstić information content (AvgIpc) is 2.87. The smallest absolute Gasteiger partial charge is 0.229 e. The number of carbonyl (C=O) groups excluding carboxylic acids is 2. The lowest BCUT2D eigenvalue weighted by Crippen LogP contribution is -2.32. The van der Waals surface area contributed by atoms with Crippen LogP contribution in [0.4, 0.5) is 11.4 Å². The van der Waals surface area contributed by atoms with Crippen LogP contribution in [0.1, 0.15) is 27.2 Å². The molecular weight excluding hydrogens is 266 g/mol. The summed E-state index contributed by atoms with van der Waals surface area (Å²) < 4.78 is 0. The molecule has 21 heavy (non-hydrogen) atoms. The van der Waals surface area contributed by atoms with Gasteiger partial charge >= 0.3 is 0 Å². The van der Waals surface area contributed by atoms with Gasteiger partial charge in [0.25, 0.3) is 0 Å². The van der Waals surface area contributed by atoms with Crippen LogP contribution in [0, 0.1) is 11.8 Å². The molecule has 1 aromatic carbocycles. The number of rotatable bonds is 4. The molecule has 114 valence electrons. The molecule has 2 amide bonds. The van der Waals surface area contributed by atoms with Gasteiger partial charge in [0.1, 0.15) is 0 Å². The van der Waals surface area contributed by atoms with Crippen LogP contribution in [-0.2, 0) is 9.59 Å². The second-order valence-corrected chi connectivity index (χ2v) is 5.85. The first kappa shape index (κ1) is 15.5. The molecule has 1 fully saturated rings. The molecule has 3 N–H and O–H groups in total. The molecule has 2 rings (SSSR count). The van der Waals surface area contributed by atoms with Crippen molar-refractivity contribution in [3.05, 3.63) is 24.3 Å². The molecule has 0 aliphatic carbocycles. The molecule has 0 saturated carbocycles. The van der Waals surface area contributed by atoms with Crippen molar-refractivity contribution >= 4 is 23.2 Å². The van der Waals surface area contributed by atoms with Gasteiger partial charge in [-0.2, -0.15) is 0 Å². The minimum atomic E-state index is -0.0549. The molecule has 5 nitrogen and oxygen atoms in total. The largest absolute Gasteiger partial charge is 0.326 e. The quantitative estimate of drug-likeness (QED) is 0.796. The number of hydrogen-bond donors (Lipinski definition) is 3. The minimum absolute atomic E-state index is 0.0161. The number of amides is 2. The van der Waals surface area contributed by atoms with Crippen LogP contribution in [0.5, 0.6) is 0 Å². The monoisotopic (exact) mass is 289 g/mol. The molecule has 5 heteroatoms. The predicted molar refractivity (Wildman–Crippen MR) is 84.1 cm³/mol. The Balaban J connectivity index is 1.93.